The lowest BCUT2D eigenvalue weighted by molar-refractivity contribution is -0.109. The molecule has 0 saturated heterocycles. The molecule has 0 aromatic carbocycles. The average molecular weight is 416 g/mol. The summed E-state index contributed by atoms with van der Waals surface area (Å²) >= 11 is 0. The molecule has 2 rings (SSSR count). The van der Waals surface area contributed by atoms with Gasteiger partial charge in [0.25, 0.3) is 5.91 Å². The van der Waals surface area contributed by atoms with E-state index in [9.17, 15) is 9.59 Å². The van der Waals surface area contributed by atoms with Crippen molar-refractivity contribution in [2.24, 2.45) is 0 Å². The minimum Gasteiger partial charge on any atom is -0.380 e. The van der Waals surface area contributed by atoms with Gasteiger partial charge in [-0.1, -0.05) is 6.92 Å². The maximum atomic E-state index is 12.4. The molecule has 2 heterocycles. The van der Waals surface area contributed by atoms with Crippen molar-refractivity contribution in [1.29, 1.82) is 5.41 Å². The van der Waals surface area contributed by atoms with Gasteiger partial charge in [-0.2, -0.15) is 9.61 Å². The van der Waals surface area contributed by atoms with Crippen LogP contribution < -0.4 is 26.6 Å². The summed E-state index contributed by atoms with van der Waals surface area (Å²) in [5.41, 5.74) is 1.15. The van der Waals surface area contributed by atoms with E-state index in [0.29, 0.717) is 48.1 Å². The molecule has 0 aliphatic carbocycles. The van der Waals surface area contributed by atoms with Crippen molar-refractivity contribution in [3.8, 4) is 0 Å². The number of rotatable bonds is 13. The molecule has 1 atom stereocenters. The number of fused-ring (bicyclic) bond motifs is 1. The molecule has 0 spiro atoms. The van der Waals surface area contributed by atoms with Crippen molar-refractivity contribution in [2.75, 3.05) is 37.8 Å². The Morgan fingerprint density at radius 2 is 2.13 bits per heavy atom. The normalized spacial score (nSPS) is 12.3. The number of allylic oxidation sites excluding steroid dienone is 1. The third-order valence-corrected chi connectivity index (χ3v) is 4.26. The zero-order valence-corrected chi connectivity index (χ0v) is 17.5. The number of aromatic nitrogens is 3. The van der Waals surface area contributed by atoms with Gasteiger partial charge in [0.15, 0.2) is 5.65 Å². The zero-order chi connectivity index (χ0) is 21.9. The van der Waals surface area contributed by atoms with Crippen LogP contribution in [0.3, 0.4) is 0 Å². The van der Waals surface area contributed by atoms with Crippen molar-refractivity contribution >= 4 is 35.7 Å². The zero-order valence-electron chi connectivity index (χ0n) is 17.5. The van der Waals surface area contributed by atoms with E-state index in [1.165, 1.54) is 10.7 Å². The molecule has 11 heteroatoms. The standard InChI is InChI=1S/C19H29N9O2/c1-4-6-23-19(30)15-11-25-28-17(22-3)8-16(27-18(15)28)26-14(9-20)10-24-13(12-29)5-7-21-2/h8-13,20-22,24H,4-7H2,1-3H3,(H,23,30)(H,26,27)/b14-10+,20-9?. The first kappa shape index (κ1) is 22.8. The van der Waals surface area contributed by atoms with E-state index >= 15 is 0 Å². The van der Waals surface area contributed by atoms with Crippen LogP contribution in [0, 0.1) is 5.41 Å². The molecule has 162 valence electrons. The largest absolute Gasteiger partial charge is 0.380 e. The number of nitrogens with zero attached hydrogens (tertiary/aromatic N) is 3. The highest BCUT2D eigenvalue weighted by Crippen LogP contribution is 2.19. The lowest BCUT2D eigenvalue weighted by atomic mass is 10.2. The van der Waals surface area contributed by atoms with Gasteiger partial charge in [-0.25, -0.2) is 4.98 Å². The van der Waals surface area contributed by atoms with Crippen LogP contribution >= 0.6 is 0 Å². The summed E-state index contributed by atoms with van der Waals surface area (Å²) in [7, 11) is 3.55. The molecule has 0 bridgehead atoms. The van der Waals surface area contributed by atoms with Gasteiger partial charge in [0, 0.05) is 32.1 Å². The van der Waals surface area contributed by atoms with E-state index in [1.54, 1.807) is 19.3 Å². The van der Waals surface area contributed by atoms with Gasteiger partial charge in [0.1, 0.15) is 23.5 Å². The smallest absolute Gasteiger partial charge is 0.256 e. The molecule has 0 saturated carbocycles. The van der Waals surface area contributed by atoms with E-state index in [1.807, 2.05) is 14.0 Å². The molecule has 0 aliphatic rings. The average Bonchev–Trinajstić information content (AvgIpc) is 3.20. The lowest BCUT2D eigenvalue weighted by Crippen LogP contribution is -2.30. The third kappa shape index (κ3) is 5.77. The predicted octanol–water partition coefficient (Wildman–Crippen LogP) is 0.580. The third-order valence-electron chi connectivity index (χ3n) is 4.26. The van der Waals surface area contributed by atoms with Gasteiger partial charge in [-0.3, -0.25) is 4.79 Å². The predicted molar refractivity (Wildman–Crippen MR) is 117 cm³/mol. The summed E-state index contributed by atoms with van der Waals surface area (Å²) in [6.45, 7) is 3.22. The minimum absolute atomic E-state index is 0.249. The van der Waals surface area contributed by atoms with E-state index in [2.05, 4.69) is 36.7 Å². The Labute approximate surface area is 175 Å². The molecular formula is C19H29N9O2. The van der Waals surface area contributed by atoms with Gasteiger partial charge >= 0.3 is 0 Å². The molecule has 1 unspecified atom stereocenters. The van der Waals surface area contributed by atoms with E-state index in [0.717, 1.165) is 18.9 Å². The van der Waals surface area contributed by atoms with Gasteiger partial charge in [-0.15, -0.1) is 0 Å². The Bertz CT molecular complexity index is 907. The fraction of sp³-hybridized carbons (Fsp3) is 0.421. The van der Waals surface area contributed by atoms with Gasteiger partial charge in [0.2, 0.25) is 0 Å². The van der Waals surface area contributed by atoms with E-state index < -0.39 is 0 Å². The Hall–Kier alpha value is -3.47. The summed E-state index contributed by atoms with van der Waals surface area (Å²) in [6, 6.07) is 1.34. The van der Waals surface area contributed by atoms with Gasteiger partial charge in [-0.05, 0) is 26.4 Å². The quantitative estimate of drug-likeness (QED) is 0.206. The van der Waals surface area contributed by atoms with Gasteiger partial charge in [0.05, 0.1) is 17.9 Å². The number of amides is 1. The summed E-state index contributed by atoms with van der Waals surface area (Å²) < 4.78 is 1.54. The maximum absolute atomic E-state index is 12.4. The highest BCUT2D eigenvalue weighted by molar-refractivity contribution is 6.00. The van der Waals surface area contributed by atoms with Crippen LogP contribution in [0.5, 0.6) is 0 Å². The number of hydrogen-bond acceptors (Lipinski definition) is 9. The molecule has 1 amide bonds. The highest BCUT2D eigenvalue weighted by Gasteiger charge is 2.17. The van der Waals surface area contributed by atoms with Crippen molar-refractivity contribution in [3.63, 3.8) is 0 Å². The molecule has 30 heavy (non-hydrogen) atoms. The van der Waals surface area contributed by atoms with Crippen LogP contribution in [-0.2, 0) is 4.79 Å². The van der Waals surface area contributed by atoms with Crippen LogP contribution in [0.4, 0.5) is 11.6 Å². The monoisotopic (exact) mass is 415 g/mol. The highest BCUT2D eigenvalue weighted by atomic mass is 16.1. The van der Waals surface area contributed by atoms with Crippen molar-refractivity contribution < 1.29 is 9.59 Å². The first-order valence-electron chi connectivity index (χ1n) is 9.76. The molecule has 0 radical (unpaired) electrons. The Morgan fingerprint density at radius 1 is 1.33 bits per heavy atom. The molecule has 2 aromatic heterocycles. The van der Waals surface area contributed by atoms with Crippen LogP contribution in [0.25, 0.3) is 5.65 Å². The molecule has 6 N–H and O–H groups in total. The maximum Gasteiger partial charge on any atom is 0.256 e. The second-order valence-electron chi connectivity index (χ2n) is 6.50. The van der Waals surface area contributed by atoms with E-state index in [4.69, 9.17) is 5.41 Å². The van der Waals surface area contributed by atoms with Crippen LogP contribution in [0.1, 0.15) is 30.1 Å². The fourth-order valence-corrected chi connectivity index (χ4v) is 2.65. The van der Waals surface area contributed by atoms with Crippen LogP contribution in [0.15, 0.2) is 24.2 Å². The van der Waals surface area contributed by atoms with Crippen molar-refractivity contribution in [1.82, 2.24) is 30.5 Å². The summed E-state index contributed by atoms with van der Waals surface area (Å²) in [4.78, 5) is 28.1. The molecule has 0 aliphatic heterocycles. The number of carbonyl (C=O) groups excluding carboxylic acids is 2. The van der Waals surface area contributed by atoms with Crippen LogP contribution in [-0.4, -0.2) is 66.2 Å². The minimum atomic E-state index is -0.374. The first-order valence-corrected chi connectivity index (χ1v) is 9.76. The number of nitrogens with one attached hydrogen (secondary N) is 6. The van der Waals surface area contributed by atoms with E-state index in [-0.39, 0.29) is 11.9 Å². The Morgan fingerprint density at radius 3 is 2.77 bits per heavy atom. The van der Waals surface area contributed by atoms with Crippen molar-refractivity contribution in [3.05, 3.63) is 29.7 Å². The number of carbonyl (C=O) groups is 2. The number of anilines is 2. The number of hydrogen-bond donors (Lipinski definition) is 6. The summed E-state index contributed by atoms with van der Waals surface area (Å²) in [6.07, 6.45) is 6.40. The number of aldehydes is 1. The first-order chi connectivity index (χ1) is 14.6. The molecule has 2 aromatic rings. The molecule has 0 fully saturated rings. The molecule has 11 nitrogen and oxygen atoms in total. The topological polar surface area (TPSA) is 148 Å². The van der Waals surface area contributed by atoms with Crippen molar-refractivity contribution in [2.45, 2.75) is 25.8 Å². The van der Waals surface area contributed by atoms with Gasteiger partial charge < -0.3 is 36.8 Å². The second kappa shape index (κ2) is 11.5. The summed E-state index contributed by atoms with van der Waals surface area (Å²) in [5, 5.41) is 26.7. The van der Waals surface area contributed by atoms with Crippen LogP contribution in [0.2, 0.25) is 0 Å². The Balaban J connectivity index is 2.29. The second-order valence-corrected chi connectivity index (χ2v) is 6.50. The fourth-order valence-electron chi connectivity index (χ4n) is 2.65. The lowest BCUT2D eigenvalue weighted by Gasteiger charge is -2.13. The summed E-state index contributed by atoms with van der Waals surface area (Å²) in [5.74, 6) is 0.793. The SMILES string of the molecule is CCCNC(=O)c1cnn2c(NC)cc(N/C(C=N)=C/NC(C=O)CCNC)nc12. The Kier molecular flexibility index (Phi) is 8.75. The molecular weight excluding hydrogens is 386 g/mol.